The number of nitrogens with zero attached hydrogens (tertiary/aromatic N) is 1. The summed E-state index contributed by atoms with van der Waals surface area (Å²) in [6.45, 7) is 4.25. The van der Waals surface area contributed by atoms with Gasteiger partial charge in [-0.3, -0.25) is 9.69 Å². The number of amides is 3. The Morgan fingerprint density at radius 2 is 1.60 bits per heavy atom. The normalized spacial score (nSPS) is 19.7. The second-order valence-electron chi connectivity index (χ2n) is 6.56. The lowest BCUT2D eigenvalue weighted by Crippen LogP contribution is -2.43. The van der Waals surface area contributed by atoms with E-state index < -0.39 is 5.54 Å². The molecule has 1 saturated heterocycles. The molecule has 0 aromatic heterocycles. The summed E-state index contributed by atoms with van der Waals surface area (Å²) in [6.07, 6.45) is 2.44. The number of benzene rings is 2. The Morgan fingerprint density at radius 3 is 2.20 bits per heavy atom. The maximum Gasteiger partial charge on any atom is 0.325 e. The molecule has 1 heterocycles. The van der Waals surface area contributed by atoms with Crippen LogP contribution in [0.15, 0.2) is 72.3 Å². The summed E-state index contributed by atoms with van der Waals surface area (Å²) in [7, 11) is 0. The van der Waals surface area contributed by atoms with Crippen LogP contribution < -0.4 is 5.32 Å². The topological polar surface area (TPSA) is 49.4 Å². The molecule has 0 bridgehead atoms. The van der Waals surface area contributed by atoms with Gasteiger partial charge in [0.2, 0.25) is 0 Å². The highest BCUT2D eigenvalue weighted by atomic mass is 16.2. The fourth-order valence-electron chi connectivity index (χ4n) is 3.07. The Morgan fingerprint density at radius 1 is 1.00 bits per heavy atom. The van der Waals surface area contributed by atoms with Crippen LogP contribution >= 0.6 is 0 Å². The number of rotatable bonds is 5. The molecule has 128 valence electrons. The molecule has 0 spiro atoms. The van der Waals surface area contributed by atoms with Crippen LogP contribution in [0, 0.1) is 0 Å². The zero-order valence-electron chi connectivity index (χ0n) is 14.5. The second kappa shape index (κ2) is 6.93. The first-order valence-electron chi connectivity index (χ1n) is 8.40. The van der Waals surface area contributed by atoms with E-state index in [1.165, 1.54) is 4.90 Å². The van der Waals surface area contributed by atoms with Crippen LogP contribution in [0.3, 0.4) is 0 Å². The highest BCUT2D eigenvalue weighted by Gasteiger charge is 2.51. The second-order valence-corrected chi connectivity index (χ2v) is 6.56. The fourth-order valence-corrected chi connectivity index (χ4v) is 3.07. The molecule has 3 rings (SSSR count). The van der Waals surface area contributed by atoms with E-state index in [9.17, 15) is 9.59 Å². The molecule has 1 atom stereocenters. The molecule has 0 aliphatic carbocycles. The largest absolute Gasteiger partial charge is 0.325 e. The summed E-state index contributed by atoms with van der Waals surface area (Å²) in [6, 6.07) is 18.7. The van der Waals surface area contributed by atoms with Gasteiger partial charge in [0.1, 0.15) is 5.54 Å². The first-order chi connectivity index (χ1) is 12.0. The number of nitrogens with one attached hydrogen (secondary N) is 1. The molecule has 1 unspecified atom stereocenters. The van der Waals surface area contributed by atoms with Crippen LogP contribution in [0.25, 0.3) is 0 Å². The third kappa shape index (κ3) is 3.33. The van der Waals surface area contributed by atoms with Crippen molar-refractivity contribution in [2.75, 3.05) is 0 Å². The van der Waals surface area contributed by atoms with Gasteiger partial charge in [0.05, 0.1) is 6.54 Å². The Balaban J connectivity index is 1.97. The Hall–Kier alpha value is -2.88. The van der Waals surface area contributed by atoms with E-state index in [2.05, 4.69) is 5.32 Å². The van der Waals surface area contributed by atoms with Gasteiger partial charge in [0.15, 0.2) is 0 Å². The van der Waals surface area contributed by atoms with Crippen molar-refractivity contribution in [1.29, 1.82) is 0 Å². The van der Waals surface area contributed by atoms with Crippen LogP contribution in [0.1, 0.15) is 31.4 Å². The van der Waals surface area contributed by atoms with Crippen molar-refractivity contribution in [3.63, 3.8) is 0 Å². The third-order valence-electron chi connectivity index (χ3n) is 4.44. The number of hydrogen-bond donors (Lipinski definition) is 1. The van der Waals surface area contributed by atoms with Gasteiger partial charge in [-0.15, -0.1) is 0 Å². The van der Waals surface area contributed by atoms with Gasteiger partial charge in [-0.25, -0.2) is 4.79 Å². The lowest BCUT2D eigenvalue weighted by molar-refractivity contribution is -0.132. The summed E-state index contributed by atoms with van der Waals surface area (Å²) in [5.41, 5.74) is 1.81. The molecule has 4 heteroatoms. The SMILES string of the molecule is CC(C)=CCC1(c2ccccc2)NC(=O)N(Cc2ccccc2)C1=O. The molecule has 0 saturated carbocycles. The van der Waals surface area contributed by atoms with E-state index in [1.807, 2.05) is 80.6 Å². The minimum absolute atomic E-state index is 0.204. The fraction of sp³-hybridized carbons (Fsp3) is 0.238. The van der Waals surface area contributed by atoms with E-state index >= 15 is 0 Å². The Kier molecular flexibility index (Phi) is 4.70. The highest BCUT2D eigenvalue weighted by Crippen LogP contribution is 2.34. The summed E-state index contributed by atoms with van der Waals surface area (Å²) in [5, 5.41) is 2.95. The summed E-state index contributed by atoms with van der Waals surface area (Å²) < 4.78 is 0. The molecule has 3 amide bonds. The van der Waals surface area contributed by atoms with Crippen molar-refractivity contribution in [1.82, 2.24) is 10.2 Å². The van der Waals surface area contributed by atoms with Gasteiger partial charge < -0.3 is 5.32 Å². The van der Waals surface area contributed by atoms with E-state index in [1.54, 1.807) is 0 Å². The maximum absolute atomic E-state index is 13.3. The predicted molar refractivity (Wildman–Crippen MR) is 97.7 cm³/mol. The van der Waals surface area contributed by atoms with E-state index in [4.69, 9.17) is 0 Å². The standard InChI is InChI=1S/C21H22N2O2/c1-16(2)13-14-21(18-11-7-4-8-12-18)19(24)23(20(25)22-21)15-17-9-5-3-6-10-17/h3-13H,14-15H2,1-2H3,(H,22,25). The summed E-state index contributed by atoms with van der Waals surface area (Å²) in [4.78, 5) is 27.2. The summed E-state index contributed by atoms with van der Waals surface area (Å²) >= 11 is 0. The van der Waals surface area contributed by atoms with Gasteiger partial charge in [0, 0.05) is 6.42 Å². The molecular weight excluding hydrogens is 312 g/mol. The molecule has 0 radical (unpaired) electrons. The molecule has 1 aliphatic heterocycles. The molecule has 25 heavy (non-hydrogen) atoms. The van der Waals surface area contributed by atoms with Crippen LogP contribution in [0.2, 0.25) is 0 Å². The van der Waals surface area contributed by atoms with E-state index in [0.29, 0.717) is 6.42 Å². The number of hydrogen-bond acceptors (Lipinski definition) is 2. The van der Waals surface area contributed by atoms with E-state index in [0.717, 1.165) is 16.7 Å². The zero-order chi connectivity index (χ0) is 17.9. The first-order valence-corrected chi connectivity index (χ1v) is 8.40. The lowest BCUT2D eigenvalue weighted by Gasteiger charge is -2.26. The quantitative estimate of drug-likeness (QED) is 0.664. The smallest absolute Gasteiger partial charge is 0.319 e. The van der Waals surface area contributed by atoms with Gasteiger partial charge >= 0.3 is 6.03 Å². The molecule has 1 fully saturated rings. The molecule has 2 aromatic carbocycles. The van der Waals surface area contributed by atoms with Gasteiger partial charge in [0.25, 0.3) is 5.91 Å². The van der Waals surface area contributed by atoms with Crippen LogP contribution in [0.4, 0.5) is 4.79 Å². The average molecular weight is 334 g/mol. The Labute approximate surface area is 148 Å². The van der Waals surface area contributed by atoms with Crippen LogP contribution in [0.5, 0.6) is 0 Å². The number of allylic oxidation sites excluding steroid dienone is 1. The highest BCUT2D eigenvalue weighted by molar-refractivity contribution is 6.07. The molecular formula is C21H22N2O2. The monoisotopic (exact) mass is 334 g/mol. The number of imide groups is 1. The molecule has 4 nitrogen and oxygen atoms in total. The first kappa shape index (κ1) is 17.0. The minimum atomic E-state index is -1.04. The number of urea groups is 1. The summed E-state index contributed by atoms with van der Waals surface area (Å²) in [5.74, 6) is -0.204. The van der Waals surface area contributed by atoms with Gasteiger partial charge in [-0.1, -0.05) is 72.3 Å². The third-order valence-corrected chi connectivity index (χ3v) is 4.44. The van der Waals surface area contributed by atoms with Gasteiger partial charge in [-0.05, 0) is 25.0 Å². The lowest BCUT2D eigenvalue weighted by atomic mass is 9.85. The van der Waals surface area contributed by atoms with Crippen LogP contribution in [-0.2, 0) is 16.9 Å². The van der Waals surface area contributed by atoms with Crippen LogP contribution in [-0.4, -0.2) is 16.8 Å². The zero-order valence-corrected chi connectivity index (χ0v) is 14.5. The minimum Gasteiger partial charge on any atom is -0.319 e. The predicted octanol–water partition coefficient (Wildman–Crippen LogP) is 3.99. The number of carbonyl (C=O) groups excluding carboxylic acids is 2. The van der Waals surface area contributed by atoms with Gasteiger partial charge in [-0.2, -0.15) is 0 Å². The van der Waals surface area contributed by atoms with Crippen molar-refractivity contribution in [3.8, 4) is 0 Å². The molecule has 2 aromatic rings. The molecule has 1 N–H and O–H groups in total. The Bertz CT molecular complexity index is 795. The van der Waals surface area contributed by atoms with Crippen molar-refractivity contribution in [3.05, 3.63) is 83.4 Å². The van der Waals surface area contributed by atoms with Crippen molar-refractivity contribution >= 4 is 11.9 Å². The number of carbonyl (C=O) groups is 2. The maximum atomic E-state index is 13.3. The van der Waals surface area contributed by atoms with E-state index in [-0.39, 0.29) is 18.5 Å². The van der Waals surface area contributed by atoms with Crippen molar-refractivity contribution < 1.29 is 9.59 Å². The average Bonchev–Trinajstić information content (AvgIpc) is 2.87. The van der Waals surface area contributed by atoms with Crippen molar-refractivity contribution in [2.45, 2.75) is 32.4 Å². The van der Waals surface area contributed by atoms with Crippen molar-refractivity contribution in [2.24, 2.45) is 0 Å². The molecule has 1 aliphatic rings.